The van der Waals surface area contributed by atoms with Crippen molar-refractivity contribution in [2.24, 2.45) is 0 Å². The molecule has 74 valence electrons. The molecule has 0 bridgehead atoms. The summed E-state index contributed by atoms with van der Waals surface area (Å²) in [6.45, 7) is 0.310. The van der Waals surface area contributed by atoms with Crippen molar-refractivity contribution in [1.29, 1.82) is 0 Å². The SMILES string of the molecule is CNCc1c(F)ccc(F)c1Br.Cl. The molecule has 0 atom stereocenters. The highest BCUT2D eigenvalue weighted by molar-refractivity contribution is 9.10. The molecule has 0 aromatic heterocycles. The van der Waals surface area contributed by atoms with Crippen molar-refractivity contribution in [2.45, 2.75) is 6.54 Å². The summed E-state index contributed by atoms with van der Waals surface area (Å²) in [5.74, 6) is -0.848. The average molecular weight is 273 g/mol. The maximum Gasteiger partial charge on any atom is 0.137 e. The maximum absolute atomic E-state index is 13.0. The Morgan fingerprint density at radius 3 is 2.38 bits per heavy atom. The summed E-state index contributed by atoms with van der Waals surface area (Å²) in [5, 5.41) is 2.76. The van der Waals surface area contributed by atoms with Crippen molar-refractivity contribution < 1.29 is 8.78 Å². The van der Waals surface area contributed by atoms with E-state index < -0.39 is 11.6 Å². The van der Waals surface area contributed by atoms with Gasteiger partial charge in [-0.2, -0.15) is 0 Å². The smallest absolute Gasteiger partial charge is 0.137 e. The molecule has 13 heavy (non-hydrogen) atoms. The average Bonchev–Trinajstić information content (AvgIpc) is 2.06. The second kappa shape index (κ2) is 5.52. The van der Waals surface area contributed by atoms with Crippen molar-refractivity contribution in [3.05, 3.63) is 33.8 Å². The molecule has 0 aliphatic carbocycles. The van der Waals surface area contributed by atoms with Gasteiger partial charge in [0.25, 0.3) is 0 Å². The monoisotopic (exact) mass is 271 g/mol. The van der Waals surface area contributed by atoms with Gasteiger partial charge in [-0.1, -0.05) is 0 Å². The van der Waals surface area contributed by atoms with E-state index in [1.165, 1.54) is 0 Å². The van der Waals surface area contributed by atoms with Crippen LogP contribution in [0.3, 0.4) is 0 Å². The molecule has 0 unspecified atom stereocenters. The Bertz CT molecular complexity index is 294. The van der Waals surface area contributed by atoms with Gasteiger partial charge in [0.1, 0.15) is 11.6 Å². The summed E-state index contributed by atoms with van der Waals surface area (Å²) >= 11 is 2.98. The lowest BCUT2D eigenvalue weighted by atomic mass is 10.2. The molecule has 0 amide bonds. The Labute approximate surface area is 90.1 Å². The van der Waals surface area contributed by atoms with Crippen LogP contribution in [0.1, 0.15) is 5.56 Å². The Morgan fingerprint density at radius 1 is 1.31 bits per heavy atom. The molecule has 1 aromatic rings. The topological polar surface area (TPSA) is 12.0 Å². The summed E-state index contributed by atoms with van der Waals surface area (Å²) in [4.78, 5) is 0. The Kier molecular flexibility index (Phi) is 5.44. The number of benzene rings is 1. The van der Waals surface area contributed by atoms with Gasteiger partial charge in [-0.25, -0.2) is 8.78 Å². The van der Waals surface area contributed by atoms with Crippen LogP contribution in [0.15, 0.2) is 16.6 Å². The fourth-order valence-corrected chi connectivity index (χ4v) is 1.37. The first-order valence-corrected chi connectivity index (χ1v) is 4.23. The Morgan fingerprint density at radius 2 is 1.85 bits per heavy atom. The van der Waals surface area contributed by atoms with Crippen LogP contribution in [-0.2, 0) is 6.54 Å². The van der Waals surface area contributed by atoms with Crippen LogP contribution < -0.4 is 5.32 Å². The quantitative estimate of drug-likeness (QED) is 0.816. The highest BCUT2D eigenvalue weighted by atomic mass is 79.9. The zero-order valence-corrected chi connectivity index (χ0v) is 9.31. The number of hydrogen-bond acceptors (Lipinski definition) is 1. The minimum Gasteiger partial charge on any atom is -0.316 e. The van der Waals surface area contributed by atoms with E-state index >= 15 is 0 Å². The molecule has 0 aliphatic heterocycles. The third-order valence-electron chi connectivity index (χ3n) is 1.49. The molecule has 0 aliphatic rings. The minimum absolute atomic E-state index is 0. The van der Waals surface area contributed by atoms with Crippen LogP contribution >= 0.6 is 28.3 Å². The van der Waals surface area contributed by atoms with Gasteiger partial charge in [0.2, 0.25) is 0 Å². The first-order chi connectivity index (χ1) is 5.66. The predicted molar refractivity (Wildman–Crippen MR) is 54.1 cm³/mol. The number of halogens is 4. The van der Waals surface area contributed by atoms with Crippen molar-refractivity contribution in [1.82, 2.24) is 5.32 Å². The summed E-state index contributed by atoms with van der Waals surface area (Å²) < 4.78 is 26.0. The van der Waals surface area contributed by atoms with Gasteiger partial charge in [0, 0.05) is 12.1 Å². The maximum atomic E-state index is 13.0. The minimum atomic E-state index is -0.443. The summed E-state index contributed by atoms with van der Waals surface area (Å²) in [6, 6.07) is 2.21. The van der Waals surface area contributed by atoms with Gasteiger partial charge in [0.05, 0.1) is 4.47 Å². The largest absolute Gasteiger partial charge is 0.316 e. The zero-order valence-electron chi connectivity index (χ0n) is 6.90. The molecule has 0 fully saturated rings. The van der Waals surface area contributed by atoms with Gasteiger partial charge >= 0.3 is 0 Å². The molecule has 1 rings (SSSR count). The second-order valence-corrected chi connectivity index (χ2v) is 3.15. The third kappa shape index (κ3) is 2.90. The molecule has 5 heteroatoms. The lowest BCUT2D eigenvalue weighted by molar-refractivity contribution is 0.572. The molecule has 1 aromatic carbocycles. The molecular formula is C8H9BrClF2N. The standard InChI is InChI=1S/C8H8BrF2N.ClH/c1-12-4-5-6(10)2-3-7(11)8(5)9;/h2-3,12H,4H2,1H3;1H. The zero-order chi connectivity index (χ0) is 9.14. The fourth-order valence-electron chi connectivity index (χ4n) is 0.908. The second-order valence-electron chi connectivity index (χ2n) is 2.35. The number of nitrogens with one attached hydrogen (secondary N) is 1. The highest BCUT2D eigenvalue weighted by Gasteiger charge is 2.09. The van der Waals surface area contributed by atoms with E-state index in [4.69, 9.17) is 0 Å². The first-order valence-electron chi connectivity index (χ1n) is 3.43. The van der Waals surface area contributed by atoms with Gasteiger partial charge < -0.3 is 5.32 Å². The van der Waals surface area contributed by atoms with E-state index in [1.54, 1.807) is 7.05 Å². The number of rotatable bonds is 2. The van der Waals surface area contributed by atoms with E-state index in [0.717, 1.165) is 12.1 Å². The van der Waals surface area contributed by atoms with Crippen molar-refractivity contribution in [3.8, 4) is 0 Å². The van der Waals surface area contributed by atoms with Gasteiger partial charge in [-0.05, 0) is 35.1 Å². The van der Waals surface area contributed by atoms with E-state index in [-0.39, 0.29) is 16.9 Å². The molecular weight excluding hydrogens is 263 g/mol. The fraction of sp³-hybridized carbons (Fsp3) is 0.250. The van der Waals surface area contributed by atoms with Gasteiger partial charge in [-0.15, -0.1) is 12.4 Å². The molecule has 0 heterocycles. The molecule has 0 saturated heterocycles. The van der Waals surface area contributed by atoms with Crippen LogP contribution in [0.5, 0.6) is 0 Å². The normalized spacial score (nSPS) is 9.54. The molecule has 1 N–H and O–H groups in total. The van der Waals surface area contributed by atoms with Crippen molar-refractivity contribution >= 4 is 28.3 Å². The molecule has 0 radical (unpaired) electrons. The van der Waals surface area contributed by atoms with Crippen LogP contribution in [0.2, 0.25) is 0 Å². The molecule has 0 spiro atoms. The third-order valence-corrected chi connectivity index (χ3v) is 2.35. The molecule has 1 nitrogen and oxygen atoms in total. The predicted octanol–water partition coefficient (Wildman–Crippen LogP) is 2.87. The van der Waals surface area contributed by atoms with Crippen molar-refractivity contribution in [3.63, 3.8) is 0 Å². The van der Waals surface area contributed by atoms with E-state index in [2.05, 4.69) is 21.2 Å². The lowest BCUT2D eigenvalue weighted by Crippen LogP contribution is -2.08. The van der Waals surface area contributed by atoms with Crippen LogP contribution in [0.4, 0.5) is 8.78 Å². The van der Waals surface area contributed by atoms with E-state index in [1.807, 2.05) is 0 Å². The first kappa shape index (κ1) is 12.8. The summed E-state index contributed by atoms with van der Waals surface area (Å²) in [7, 11) is 1.68. The highest BCUT2D eigenvalue weighted by Crippen LogP contribution is 2.22. The van der Waals surface area contributed by atoms with Gasteiger partial charge in [-0.3, -0.25) is 0 Å². The van der Waals surface area contributed by atoms with Crippen LogP contribution in [0.25, 0.3) is 0 Å². The summed E-state index contributed by atoms with van der Waals surface area (Å²) in [5.41, 5.74) is 0.317. The van der Waals surface area contributed by atoms with Crippen molar-refractivity contribution in [2.75, 3.05) is 7.05 Å². The summed E-state index contributed by atoms with van der Waals surface area (Å²) in [6.07, 6.45) is 0. The van der Waals surface area contributed by atoms with E-state index in [9.17, 15) is 8.78 Å². The molecule has 0 saturated carbocycles. The van der Waals surface area contributed by atoms with Gasteiger partial charge in [0.15, 0.2) is 0 Å². The van der Waals surface area contributed by atoms with Crippen LogP contribution in [0, 0.1) is 11.6 Å². The van der Waals surface area contributed by atoms with E-state index in [0.29, 0.717) is 12.1 Å². The Balaban J connectivity index is 0.00000144. The van der Waals surface area contributed by atoms with Crippen LogP contribution in [-0.4, -0.2) is 7.05 Å². The lowest BCUT2D eigenvalue weighted by Gasteiger charge is -2.05. The number of hydrogen-bond donors (Lipinski definition) is 1. The Hall–Kier alpha value is -0.190.